The third-order valence-electron chi connectivity index (χ3n) is 4.25. The lowest BCUT2D eigenvalue weighted by Crippen LogP contribution is -2.33. The van der Waals surface area contributed by atoms with Crippen molar-refractivity contribution in [3.63, 3.8) is 0 Å². The summed E-state index contributed by atoms with van der Waals surface area (Å²) in [6, 6.07) is 8.29. The minimum absolute atomic E-state index is 0.0273. The summed E-state index contributed by atoms with van der Waals surface area (Å²) < 4.78 is 5.23. The van der Waals surface area contributed by atoms with E-state index in [4.69, 9.17) is 4.52 Å². The van der Waals surface area contributed by atoms with Crippen molar-refractivity contribution in [3.05, 3.63) is 47.1 Å². The summed E-state index contributed by atoms with van der Waals surface area (Å²) in [5.74, 6) is 1.87. The molecular formula is C18H23N3O2. The zero-order valence-corrected chi connectivity index (χ0v) is 14.0. The number of hydrogen-bond donors (Lipinski definition) is 0. The Morgan fingerprint density at radius 1 is 1.30 bits per heavy atom. The normalized spacial score (nSPS) is 14.3. The molecule has 0 atom stereocenters. The predicted octanol–water partition coefficient (Wildman–Crippen LogP) is 2.64. The molecule has 0 spiro atoms. The summed E-state index contributed by atoms with van der Waals surface area (Å²) in [4.78, 5) is 18.7. The summed E-state index contributed by atoms with van der Waals surface area (Å²) in [5, 5.41) is 3.98. The van der Waals surface area contributed by atoms with Crippen molar-refractivity contribution < 1.29 is 9.32 Å². The number of aromatic nitrogens is 2. The molecule has 1 aromatic carbocycles. The fourth-order valence-electron chi connectivity index (χ4n) is 3.12. The van der Waals surface area contributed by atoms with E-state index >= 15 is 0 Å². The maximum absolute atomic E-state index is 12.6. The van der Waals surface area contributed by atoms with Crippen LogP contribution in [-0.4, -0.2) is 28.0 Å². The van der Waals surface area contributed by atoms with Crippen LogP contribution in [0.15, 0.2) is 28.8 Å². The summed E-state index contributed by atoms with van der Waals surface area (Å²) in [6.45, 7) is 4.61. The van der Waals surface area contributed by atoms with Gasteiger partial charge in [0, 0.05) is 19.4 Å². The van der Waals surface area contributed by atoms with E-state index < -0.39 is 0 Å². The summed E-state index contributed by atoms with van der Waals surface area (Å²) in [7, 11) is 1.81. The molecule has 0 unspecified atom stereocenters. The number of carbonyl (C=O) groups is 1. The minimum atomic E-state index is 0.0273. The smallest absolute Gasteiger partial charge is 0.226 e. The molecule has 5 heteroatoms. The quantitative estimate of drug-likeness (QED) is 0.851. The van der Waals surface area contributed by atoms with Crippen LogP contribution < -0.4 is 0 Å². The van der Waals surface area contributed by atoms with Crippen LogP contribution in [0.5, 0.6) is 0 Å². The largest absolute Gasteiger partial charge is 0.339 e. The average molecular weight is 313 g/mol. The Morgan fingerprint density at radius 2 is 1.96 bits per heavy atom. The molecule has 5 nitrogen and oxygen atoms in total. The number of rotatable bonds is 5. The highest BCUT2D eigenvalue weighted by molar-refractivity contribution is 5.80. The van der Waals surface area contributed by atoms with Crippen molar-refractivity contribution in [2.45, 2.75) is 39.7 Å². The molecule has 23 heavy (non-hydrogen) atoms. The molecule has 1 heterocycles. The molecule has 1 aromatic heterocycles. The van der Waals surface area contributed by atoms with Crippen LogP contribution in [0.3, 0.4) is 0 Å². The lowest BCUT2D eigenvalue weighted by Gasteiger charge is -2.19. The van der Waals surface area contributed by atoms with Gasteiger partial charge < -0.3 is 9.42 Å². The van der Waals surface area contributed by atoms with E-state index in [1.807, 2.05) is 19.2 Å². The highest BCUT2D eigenvalue weighted by Gasteiger charge is 2.29. The first-order valence-electron chi connectivity index (χ1n) is 8.16. The minimum Gasteiger partial charge on any atom is -0.339 e. The van der Waals surface area contributed by atoms with Crippen molar-refractivity contribution >= 4 is 5.91 Å². The van der Waals surface area contributed by atoms with E-state index in [-0.39, 0.29) is 11.8 Å². The lowest BCUT2D eigenvalue weighted by atomic mass is 10.1. The van der Waals surface area contributed by atoms with Gasteiger partial charge in [-0.3, -0.25) is 4.79 Å². The van der Waals surface area contributed by atoms with Crippen LogP contribution in [-0.2, 0) is 30.6 Å². The van der Waals surface area contributed by atoms with Crippen molar-refractivity contribution in [2.24, 2.45) is 11.8 Å². The molecule has 1 amide bonds. The van der Waals surface area contributed by atoms with Gasteiger partial charge in [-0.1, -0.05) is 43.3 Å². The number of fused-ring (bicyclic) bond motifs is 1. The summed E-state index contributed by atoms with van der Waals surface area (Å²) >= 11 is 0. The van der Waals surface area contributed by atoms with E-state index in [1.165, 1.54) is 11.1 Å². The molecule has 0 N–H and O–H groups in total. The van der Waals surface area contributed by atoms with E-state index in [2.05, 4.69) is 36.1 Å². The zero-order chi connectivity index (χ0) is 16.4. The predicted molar refractivity (Wildman–Crippen MR) is 86.7 cm³/mol. The van der Waals surface area contributed by atoms with Gasteiger partial charge in [0.15, 0.2) is 5.82 Å². The van der Waals surface area contributed by atoms with Gasteiger partial charge in [-0.05, 0) is 29.9 Å². The van der Waals surface area contributed by atoms with Crippen molar-refractivity contribution in [2.75, 3.05) is 7.05 Å². The van der Waals surface area contributed by atoms with Gasteiger partial charge in [0.25, 0.3) is 0 Å². The van der Waals surface area contributed by atoms with Gasteiger partial charge in [0.2, 0.25) is 11.8 Å². The van der Waals surface area contributed by atoms with E-state index in [9.17, 15) is 4.79 Å². The van der Waals surface area contributed by atoms with Gasteiger partial charge in [-0.25, -0.2) is 0 Å². The Kier molecular flexibility index (Phi) is 4.46. The first-order chi connectivity index (χ1) is 11.0. The Hall–Kier alpha value is -2.17. The molecule has 0 bridgehead atoms. The fraction of sp³-hybridized carbons (Fsp3) is 0.500. The number of benzene rings is 1. The third kappa shape index (κ3) is 3.60. The van der Waals surface area contributed by atoms with Gasteiger partial charge in [0.1, 0.15) is 0 Å². The molecule has 1 aliphatic rings. The SMILES string of the molecule is CC(C)Cc1nc(CN(C)C(=O)C2Cc3ccccc3C2)no1. The number of carbonyl (C=O) groups excluding carboxylic acids is 1. The van der Waals surface area contributed by atoms with Crippen LogP contribution in [0.25, 0.3) is 0 Å². The Bertz CT molecular complexity index is 668. The first kappa shape index (κ1) is 15.7. The molecule has 3 rings (SSSR count). The second-order valence-electron chi connectivity index (χ2n) is 6.77. The molecule has 1 aliphatic carbocycles. The zero-order valence-electron chi connectivity index (χ0n) is 14.0. The number of nitrogens with zero attached hydrogens (tertiary/aromatic N) is 3. The molecule has 122 valence electrons. The Labute approximate surface area is 136 Å². The maximum atomic E-state index is 12.6. The first-order valence-corrected chi connectivity index (χ1v) is 8.16. The van der Waals surface area contributed by atoms with Gasteiger partial charge in [0.05, 0.1) is 6.54 Å². The molecule has 0 saturated heterocycles. The highest BCUT2D eigenvalue weighted by atomic mass is 16.5. The van der Waals surface area contributed by atoms with Crippen molar-refractivity contribution in [1.82, 2.24) is 15.0 Å². The highest BCUT2D eigenvalue weighted by Crippen LogP contribution is 2.27. The van der Waals surface area contributed by atoms with Gasteiger partial charge in [-0.15, -0.1) is 0 Å². The van der Waals surface area contributed by atoms with Gasteiger partial charge >= 0.3 is 0 Å². The Balaban J connectivity index is 1.59. The van der Waals surface area contributed by atoms with Crippen LogP contribution >= 0.6 is 0 Å². The molecule has 0 fully saturated rings. The van der Waals surface area contributed by atoms with E-state index in [0.29, 0.717) is 24.2 Å². The van der Waals surface area contributed by atoms with E-state index in [0.717, 1.165) is 19.3 Å². The second-order valence-corrected chi connectivity index (χ2v) is 6.77. The van der Waals surface area contributed by atoms with E-state index in [1.54, 1.807) is 4.90 Å². The van der Waals surface area contributed by atoms with Crippen molar-refractivity contribution in [1.29, 1.82) is 0 Å². The van der Waals surface area contributed by atoms with Crippen LogP contribution in [0.4, 0.5) is 0 Å². The lowest BCUT2D eigenvalue weighted by molar-refractivity contribution is -0.134. The molecule has 0 saturated carbocycles. The van der Waals surface area contributed by atoms with Gasteiger partial charge in [-0.2, -0.15) is 4.98 Å². The molecular weight excluding hydrogens is 290 g/mol. The van der Waals surface area contributed by atoms with Crippen LogP contribution in [0.2, 0.25) is 0 Å². The second kappa shape index (κ2) is 6.52. The topological polar surface area (TPSA) is 59.2 Å². The van der Waals surface area contributed by atoms with Crippen LogP contribution in [0.1, 0.15) is 36.7 Å². The average Bonchev–Trinajstić information content (AvgIpc) is 3.12. The molecule has 0 aliphatic heterocycles. The number of hydrogen-bond acceptors (Lipinski definition) is 4. The number of amides is 1. The molecule has 2 aromatic rings. The monoisotopic (exact) mass is 313 g/mol. The summed E-state index contributed by atoms with van der Waals surface area (Å²) in [6.07, 6.45) is 2.41. The fourth-order valence-corrected chi connectivity index (χ4v) is 3.12. The third-order valence-corrected chi connectivity index (χ3v) is 4.25. The Morgan fingerprint density at radius 3 is 2.57 bits per heavy atom. The van der Waals surface area contributed by atoms with Crippen LogP contribution in [0, 0.1) is 11.8 Å². The van der Waals surface area contributed by atoms with Crippen molar-refractivity contribution in [3.8, 4) is 0 Å². The summed E-state index contributed by atoms with van der Waals surface area (Å²) in [5.41, 5.74) is 2.58. The maximum Gasteiger partial charge on any atom is 0.226 e. The molecule has 0 radical (unpaired) electrons. The standard InChI is InChI=1S/C18H23N3O2/c1-12(2)8-17-19-16(20-23-17)11-21(3)18(22)15-9-13-6-4-5-7-14(13)10-15/h4-7,12,15H,8-11H2,1-3H3.